The fraction of sp³-hybridized carbons (Fsp3) is 0.111. The predicted molar refractivity (Wildman–Crippen MR) is 86.1 cm³/mol. The van der Waals surface area contributed by atoms with Crippen LogP contribution in [0.15, 0.2) is 54.7 Å². The number of rotatable bonds is 4. The Morgan fingerprint density at radius 1 is 1.04 bits per heavy atom. The average molecular weight is 328 g/mol. The standard InChI is InChI=1S/C18H15F2N3O/c1-22-16(12-2-6-14(19)7-3-12)10-23(18(22)21)11-17(24)13-4-8-15(20)9-5-13/h2-10,21H,11H2,1H3/p+1. The maximum absolute atomic E-state index is 13.1. The Morgan fingerprint density at radius 2 is 1.58 bits per heavy atom. The van der Waals surface area contributed by atoms with Crippen LogP contribution in [0.5, 0.6) is 0 Å². The van der Waals surface area contributed by atoms with E-state index in [-0.39, 0.29) is 18.1 Å². The number of nitrogen functional groups attached to an aromatic ring is 1. The number of nitrogens with zero attached hydrogens (tertiary/aromatic N) is 2. The normalized spacial score (nSPS) is 10.8. The monoisotopic (exact) mass is 328 g/mol. The van der Waals surface area contributed by atoms with E-state index >= 15 is 0 Å². The van der Waals surface area contributed by atoms with Gasteiger partial charge in [-0.25, -0.2) is 17.9 Å². The first-order valence-electron chi connectivity index (χ1n) is 7.35. The van der Waals surface area contributed by atoms with Crippen molar-refractivity contribution in [1.82, 2.24) is 4.57 Å². The average Bonchev–Trinajstić information content (AvgIpc) is 2.85. The van der Waals surface area contributed by atoms with Gasteiger partial charge < -0.3 is 0 Å². The molecule has 0 aliphatic heterocycles. The molecular weight excluding hydrogens is 312 g/mol. The van der Waals surface area contributed by atoms with Crippen LogP contribution in [0, 0.1) is 11.6 Å². The Kier molecular flexibility index (Phi) is 4.12. The largest absolute Gasteiger partial charge is 0.355 e. The van der Waals surface area contributed by atoms with E-state index in [0.29, 0.717) is 11.5 Å². The quantitative estimate of drug-likeness (QED) is 0.591. The molecule has 6 heteroatoms. The summed E-state index contributed by atoms with van der Waals surface area (Å²) >= 11 is 0. The molecule has 2 N–H and O–H groups in total. The van der Waals surface area contributed by atoms with Crippen LogP contribution < -0.4 is 10.3 Å². The van der Waals surface area contributed by atoms with E-state index in [9.17, 15) is 13.6 Å². The van der Waals surface area contributed by atoms with Crippen molar-refractivity contribution in [2.75, 3.05) is 5.73 Å². The lowest BCUT2D eigenvalue weighted by Crippen LogP contribution is -2.39. The number of hydrogen-bond donors (Lipinski definition) is 1. The Morgan fingerprint density at radius 3 is 2.17 bits per heavy atom. The maximum atomic E-state index is 13.1. The summed E-state index contributed by atoms with van der Waals surface area (Å²) in [6, 6.07) is 11.4. The Labute approximate surface area is 137 Å². The van der Waals surface area contributed by atoms with Crippen LogP contribution in [0.1, 0.15) is 10.4 Å². The first-order chi connectivity index (χ1) is 11.5. The van der Waals surface area contributed by atoms with Crippen molar-refractivity contribution in [3.8, 4) is 11.3 Å². The van der Waals surface area contributed by atoms with E-state index in [1.807, 2.05) is 0 Å². The van der Waals surface area contributed by atoms with Crippen molar-refractivity contribution in [3.05, 3.63) is 71.9 Å². The molecule has 4 nitrogen and oxygen atoms in total. The number of ketones is 1. The fourth-order valence-corrected chi connectivity index (χ4v) is 2.51. The minimum absolute atomic E-state index is 0.0342. The number of Topliss-reactive ketones (excluding diaryl/α,β-unsaturated/α-hetero) is 1. The highest BCUT2D eigenvalue weighted by molar-refractivity contribution is 5.95. The lowest BCUT2D eigenvalue weighted by molar-refractivity contribution is -0.667. The van der Waals surface area contributed by atoms with Crippen LogP contribution in [0.3, 0.4) is 0 Å². The summed E-state index contributed by atoms with van der Waals surface area (Å²) in [4.78, 5) is 12.3. The molecule has 1 aromatic heterocycles. The van der Waals surface area contributed by atoms with Crippen LogP contribution >= 0.6 is 0 Å². The summed E-state index contributed by atoms with van der Waals surface area (Å²) in [6.07, 6.45) is 1.74. The molecule has 0 saturated carbocycles. The van der Waals surface area contributed by atoms with Crippen LogP contribution in [-0.2, 0) is 13.6 Å². The molecule has 2 aromatic carbocycles. The SMILES string of the molecule is Cn1c(-c2ccc(F)cc2)c[n+](CC(=O)c2ccc(F)cc2)c1N. The van der Waals surface area contributed by atoms with Gasteiger partial charge in [0.15, 0.2) is 5.78 Å². The molecule has 0 fully saturated rings. The Bertz CT molecular complexity index is 884. The molecule has 3 rings (SSSR count). The molecule has 0 aliphatic carbocycles. The van der Waals surface area contributed by atoms with Gasteiger partial charge in [-0.15, -0.1) is 0 Å². The zero-order chi connectivity index (χ0) is 17.3. The fourth-order valence-electron chi connectivity index (χ4n) is 2.51. The number of hydrogen-bond acceptors (Lipinski definition) is 2. The molecule has 0 amide bonds. The third kappa shape index (κ3) is 3.03. The van der Waals surface area contributed by atoms with Crippen molar-refractivity contribution in [3.63, 3.8) is 0 Å². The molecule has 0 radical (unpaired) electrons. The van der Waals surface area contributed by atoms with Crippen molar-refractivity contribution in [2.24, 2.45) is 7.05 Å². The van der Waals surface area contributed by atoms with Crippen molar-refractivity contribution in [2.45, 2.75) is 6.54 Å². The Hall–Kier alpha value is -3.02. The highest BCUT2D eigenvalue weighted by atomic mass is 19.1. The highest BCUT2D eigenvalue weighted by Crippen LogP contribution is 2.20. The van der Waals surface area contributed by atoms with Crippen LogP contribution in [0.25, 0.3) is 11.3 Å². The van der Waals surface area contributed by atoms with E-state index in [1.54, 1.807) is 34.5 Å². The molecule has 0 spiro atoms. The smallest absolute Gasteiger partial charge is 0.291 e. The number of carbonyl (C=O) groups excluding carboxylic acids is 1. The molecule has 0 atom stereocenters. The molecule has 0 aliphatic rings. The second kappa shape index (κ2) is 6.23. The molecule has 0 unspecified atom stereocenters. The topological polar surface area (TPSA) is 51.9 Å². The minimum atomic E-state index is -0.392. The lowest BCUT2D eigenvalue weighted by Gasteiger charge is -2.00. The summed E-state index contributed by atoms with van der Waals surface area (Å²) in [5.74, 6) is -0.495. The zero-order valence-electron chi connectivity index (χ0n) is 13.0. The van der Waals surface area contributed by atoms with E-state index in [2.05, 4.69) is 0 Å². The van der Waals surface area contributed by atoms with Gasteiger partial charge in [-0.2, -0.15) is 0 Å². The van der Waals surface area contributed by atoms with Gasteiger partial charge in [0, 0.05) is 11.1 Å². The number of aromatic nitrogens is 2. The Balaban J connectivity index is 1.89. The number of carbonyl (C=O) groups is 1. The summed E-state index contributed by atoms with van der Waals surface area (Å²) in [5, 5.41) is 0. The van der Waals surface area contributed by atoms with Crippen LogP contribution in [0.2, 0.25) is 0 Å². The van der Waals surface area contributed by atoms with Crippen molar-refractivity contribution in [1.29, 1.82) is 0 Å². The number of anilines is 1. The number of imidazole rings is 1. The van der Waals surface area contributed by atoms with Gasteiger partial charge in [0.1, 0.15) is 30.1 Å². The minimum Gasteiger partial charge on any atom is -0.291 e. The maximum Gasteiger partial charge on any atom is 0.355 e. The molecular formula is C18H16F2N3O+. The molecule has 0 bridgehead atoms. The van der Waals surface area contributed by atoms with Gasteiger partial charge in [0.2, 0.25) is 0 Å². The zero-order valence-corrected chi connectivity index (χ0v) is 13.0. The highest BCUT2D eigenvalue weighted by Gasteiger charge is 2.20. The van der Waals surface area contributed by atoms with Gasteiger partial charge in [-0.05, 0) is 48.5 Å². The predicted octanol–water partition coefficient (Wildman–Crippen LogP) is 2.72. The van der Waals surface area contributed by atoms with Crippen molar-refractivity contribution >= 4 is 11.7 Å². The third-order valence-corrected chi connectivity index (χ3v) is 3.90. The molecule has 122 valence electrons. The van der Waals surface area contributed by atoms with Gasteiger partial charge in [0.05, 0.1) is 7.05 Å². The summed E-state index contributed by atoms with van der Waals surface area (Å²) < 4.78 is 29.4. The van der Waals surface area contributed by atoms with Gasteiger partial charge in [-0.3, -0.25) is 10.5 Å². The van der Waals surface area contributed by atoms with Crippen LogP contribution in [0.4, 0.5) is 14.7 Å². The number of halogens is 2. The summed E-state index contributed by atoms with van der Waals surface area (Å²) in [7, 11) is 1.77. The van der Waals surface area contributed by atoms with E-state index in [1.165, 1.54) is 36.4 Å². The molecule has 1 heterocycles. The molecule has 3 aromatic rings. The van der Waals surface area contributed by atoms with Gasteiger partial charge in [-0.1, -0.05) is 0 Å². The summed E-state index contributed by atoms with van der Waals surface area (Å²) in [5.41, 5.74) is 8.03. The second-order valence-electron chi connectivity index (χ2n) is 5.50. The third-order valence-electron chi connectivity index (χ3n) is 3.90. The lowest BCUT2D eigenvalue weighted by atomic mass is 10.1. The first kappa shape index (κ1) is 15.9. The summed E-state index contributed by atoms with van der Waals surface area (Å²) in [6.45, 7) is 0.0342. The van der Waals surface area contributed by atoms with Crippen molar-refractivity contribution < 1.29 is 18.1 Å². The van der Waals surface area contributed by atoms with Gasteiger partial charge >= 0.3 is 5.95 Å². The van der Waals surface area contributed by atoms with E-state index < -0.39 is 5.82 Å². The molecule has 24 heavy (non-hydrogen) atoms. The van der Waals surface area contributed by atoms with Gasteiger partial charge in [0.25, 0.3) is 0 Å². The number of benzene rings is 2. The van der Waals surface area contributed by atoms with Crippen LogP contribution in [-0.4, -0.2) is 10.4 Å². The number of nitrogens with two attached hydrogens (primary N) is 1. The molecule has 0 saturated heterocycles. The van der Waals surface area contributed by atoms with E-state index in [4.69, 9.17) is 5.73 Å². The van der Waals surface area contributed by atoms with E-state index in [0.717, 1.165) is 11.3 Å². The first-order valence-corrected chi connectivity index (χ1v) is 7.35. The second-order valence-corrected chi connectivity index (χ2v) is 5.50.